The minimum Gasteiger partial charge on any atom is -0.334 e. The minimum absolute atomic E-state index is 0.0238. The van der Waals surface area contributed by atoms with Gasteiger partial charge in [0.05, 0.1) is 0 Å². The van der Waals surface area contributed by atoms with E-state index in [0.717, 1.165) is 41.4 Å². The zero-order chi connectivity index (χ0) is 21.8. The summed E-state index contributed by atoms with van der Waals surface area (Å²) in [6, 6.07) is 16.9. The van der Waals surface area contributed by atoms with Gasteiger partial charge in [-0.1, -0.05) is 62.6 Å². The second kappa shape index (κ2) is 9.35. The van der Waals surface area contributed by atoms with Gasteiger partial charge in [-0.2, -0.15) is 0 Å². The van der Waals surface area contributed by atoms with Gasteiger partial charge in [0.25, 0.3) is 11.8 Å². The van der Waals surface area contributed by atoms with E-state index in [0.29, 0.717) is 31.5 Å². The number of amides is 2. The summed E-state index contributed by atoms with van der Waals surface area (Å²) in [6.45, 7) is 3.24. The Balaban J connectivity index is 1.73. The fourth-order valence-electron chi connectivity index (χ4n) is 4.68. The number of nitrogens with one attached hydrogen (secondary N) is 1. The van der Waals surface area contributed by atoms with E-state index in [1.807, 2.05) is 58.9 Å². The van der Waals surface area contributed by atoms with Crippen molar-refractivity contribution in [2.45, 2.75) is 51.6 Å². The Morgan fingerprint density at radius 2 is 1.81 bits per heavy atom. The number of hydrogen-bond donors (Lipinski definition) is 2. The van der Waals surface area contributed by atoms with Gasteiger partial charge >= 0.3 is 0 Å². The van der Waals surface area contributed by atoms with Crippen LogP contribution in [0, 0.1) is 0 Å². The third-order valence-electron chi connectivity index (χ3n) is 6.21. The van der Waals surface area contributed by atoms with Crippen molar-refractivity contribution in [3.05, 3.63) is 71.4 Å². The van der Waals surface area contributed by atoms with E-state index in [-0.39, 0.29) is 11.8 Å². The fourth-order valence-corrected chi connectivity index (χ4v) is 4.68. The lowest BCUT2D eigenvalue weighted by molar-refractivity contribution is -0.132. The lowest BCUT2D eigenvalue weighted by Crippen LogP contribution is -2.37. The normalized spacial score (nSPS) is 14.3. The summed E-state index contributed by atoms with van der Waals surface area (Å²) in [7, 11) is 0. The molecule has 0 saturated heterocycles. The smallest absolute Gasteiger partial charge is 0.266 e. The number of aromatic nitrogens is 1. The molecule has 0 fully saturated rings. The average molecular weight is 420 g/mol. The van der Waals surface area contributed by atoms with E-state index in [4.69, 9.17) is 0 Å². The summed E-state index contributed by atoms with van der Waals surface area (Å²) in [5.41, 5.74) is 5.72. The molecule has 162 valence electrons. The SMILES string of the molecule is CCCCCC(C(=O)NO)n1c2c(c3ccccc31)CN(C(=O)c1ccccc1)CC2. The molecule has 1 aromatic heterocycles. The highest BCUT2D eigenvalue weighted by molar-refractivity contribution is 5.95. The summed E-state index contributed by atoms with van der Waals surface area (Å²) in [4.78, 5) is 27.6. The van der Waals surface area contributed by atoms with Crippen LogP contribution in [0.5, 0.6) is 0 Å². The predicted molar refractivity (Wildman–Crippen MR) is 120 cm³/mol. The summed E-state index contributed by atoms with van der Waals surface area (Å²) in [5, 5.41) is 10.5. The molecule has 1 unspecified atom stereocenters. The van der Waals surface area contributed by atoms with Crippen LogP contribution in [0.3, 0.4) is 0 Å². The second-order valence-corrected chi connectivity index (χ2v) is 8.14. The number of nitrogens with zero attached hydrogens (tertiary/aromatic N) is 2. The molecule has 4 rings (SSSR count). The first-order valence-electron chi connectivity index (χ1n) is 11.0. The Hall–Kier alpha value is -3.12. The van der Waals surface area contributed by atoms with Crippen LogP contribution in [0.25, 0.3) is 10.9 Å². The number of unbranched alkanes of at least 4 members (excludes halogenated alkanes) is 2. The topological polar surface area (TPSA) is 74.6 Å². The third-order valence-corrected chi connectivity index (χ3v) is 6.21. The Bertz CT molecular complexity index is 1070. The molecule has 1 aliphatic rings. The molecule has 2 amide bonds. The number of benzene rings is 2. The molecule has 2 heterocycles. The van der Waals surface area contributed by atoms with Gasteiger partial charge in [-0.3, -0.25) is 14.8 Å². The van der Waals surface area contributed by atoms with E-state index in [2.05, 4.69) is 17.6 Å². The molecule has 2 aromatic carbocycles. The van der Waals surface area contributed by atoms with Gasteiger partial charge in [0.1, 0.15) is 6.04 Å². The maximum Gasteiger partial charge on any atom is 0.266 e. The molecule has 0 radical (unpaired) electrons. The number of carbonyl (C=O) groups is 2. The van der Waals surface area contributed by atoms with Crippen LogP contribution >= 0.6 is 0 Å². The van der Waals surface area contributed by atoms with Gasteiger partial charge < -0.3 is 9.47 Å². The van der Waals surface area contributed by atoms with Gasteiger partial charge in [0, 0.05) is 47.2 Å². The van der Waals surface area contributed by atoms with Crippen molar-refractivity contribution in [2.75, 3.05) is 6.54 Å². The van der Waals surface area contributed by atoms with E-state index < -0.39 is 6.04 Å². The van der Waals surface area contributed by atoms with Gasteiger partial charge in [-0.25, -0.2) is 5.48 Å². The lowest BCUT2D eigenvalue weighted by Gasteiger charge is -2.30. The van der Waals surface area contributed by atoms with Crippen LogP contribution in [-0.4, -0.2) is 33.0 Å². The molecular weight excluding hydrogens is 390 g/mol. The number of fused-ring (bicyclic) bond motifs is 3. The largest absolute Gasteiger partial charge is 0.334 e. The summed E-state index contributed by atoms with van der Waals surface area (Å²) in [5.74, 6) is -0.363. The number of hydroxylamine groups is 1. The highest BCUT2D eigenvalue weighted by atomic mass is 16.5. The fraction of sp³-hybridized carbons (Fsp3) is 0.360. The first-order chi connectivity index (χ1) is 15.2. The van der Waals surface area contributed by atoms with Gasteiger partial charge in [-0.05, 0) is 24.6 Å². The van der Waals surface area contributed by atoms with Gasteiger partial charge in [0.15, 0.2) is 0 Å². The molecule has 0 spiro atoms. The van der Waals surface area contributed by atoms with Crippen molar-refractivity contribution < 1.29 is 14.8 Å². The highest BCUT2D eigenvalue weighted by Crippen LogP contribution is 2.35. The minimum atomic E-state index is -0.471. The first-order valence-corrected chi connectivity index (χ1v) is 11.0. The van der Waals surface area contributed by atoms with Crippen molar-refractivity contribution in [1.82, 2.24) is 14.9 Å². The highest BCUT2D eigenvalue weighted by Gasteiger charge is 2.31. The first kappa shape index (κ1) is 21.1. The van der Waals surface area contributed by atoms with Crippen LogP contribution in [0.4, 0.5) is 0 Å². The molecule has 1 atom stereocenters. The van der Waals surface area contributed by atoms with Crippen molar-refractivity contribution in [1.29, 1.82) is 0 Å². The summed E-state index contributed by atoms with van der Waals surface area (Å²) in [6.07, 6.45) is 4.35. The summed E-state index contributed by atoms with van der Waals surface area (Å²) >= 11 is 0. The molecule has 2 N–H and O–H groups in total. The average Bonchev–Trinajstić information content (AvgIpc) is 3.15. The molecule has 6 nitrogen and oxygen atoms in total. The van der Waals surface area contributed by atoms with Crippen molar-refractivity contribution in [3.63, 3.8) is 0 Å². The third kappa shape index (κ3) is 4.08. The monoisotopic (exact) mass is 419 g/mol. The number of carbonyl (C=O) groups excluding carboxylic acids is 2. The molecule has 0 saturated carbocycles. The van der Waals surface area contributed by atoms with E-state index >= 15 is 0 Å². The van der Waals surface area contributed by atoms with Crippen LogP contribution < -0.4 is 5.48 Å². The molecule has 3 aromatic rings. The quantitative estimate of drug-likeness (QED) is 0.337. The van der Waals surface area contributed by atoms with Crippen LogP contribution in [0.15, 0.2) is 54.6 Å². The predicted octanol–water partition coefficient (Wildman–Crippen LogP) is 4.47. The van der Waals surface area contributed by atoms with Crippen LogP contribution in [0.1, 0.15) is 60.3 Å². The molecule has 0 bridgehead atoms. The zero-order valence-electron chi connectivity index (χ0n) is 17.9. The molecule has 6 heteroatoms. The second-order valence-electron chi connectivity index (χ2n) is 8.14. The van der Waals surface area contributed by atoms with Crippen LogP contribution in [0.2, 0.25) is 0 Å². The van der Waals surface area contributed by atoms with E-state index in [1.165, 1.54) is 0 Å². The number of hydrogen-bond acceptors (Lipinski definition) is 3. The Morgan fingerprint density at radius 3 is 2.55 bits per heavy atom. The van der Waals surface area contributed by atoms with E-state index in [1.54, 1.807) is 0 Å². The van der Waals surface area contributed by atoms with Crippen molar-refractivity contribution in [2.24, 2.45) is 0 Å². The maximum absolute atomic E-state index is 13.0. The molecular formula is C25H29N3O3. The van der Waals surface area contributed by atoms with Gasteiger partial charge in [-0.15, -0.1) is 0 Å². The number of rotatable bonds is 7. The van der Waals surface area contributed by atoms with E-state index in [9.17, 15) is 14.8 Å². The standard InChI is InChI=1S/C25H29N3O3/c1-2-3-5-14-23(24(29)26-31)28-21-13-9-8-12-19(21)20-17-27(16-15-22(20)28)25(30)18-10-6-4-7-11-18/h4,6-13,23,31H,2-3,5,14-17H2,1H3,(H,26,29). The Labute approximate surface area is 182 Å². The molecule has 31 heavy (non-hydrogen) atoms. The lowest BCUT2D eigenvalue weighted by atomic mass is 10.0. The van der Waals surface area contributed by atoms with Crippen molar-refractivity contribution in [3.8, 4) is 0 Å². The zero-order valence-corrected chi connectivity index (χ0v) is 17.9. The van der Waals surface area contributed by atoms with Crippen LogP contribution in [-0.2, 0) is 17.8 Å². The number of para-hydroxylation sites is 1. The summed E-state index contributed by atoms with van der Waals surface area (Å²) < 4.78 is 2.09. The Kier molecular flexibility index (Phi) is 6.37. The molecule has 0 aliphatic carbocycles. The molecule has 1 aliphatic heterocycles. The Morgan fingerprint density at radius 1 is 1.06 bits per heavy atom. The van der Waals surface area contributed by atoms with Crippen molar-refractivity contribution >= 4 is 22.7 Å². The maximum atomic E-state index is 13.0. The van der Waals surface area contributed by atoms with Gasteiger partial charge in [0.2, 0.25) is 0 Å².